The molecule has 0 bridgehead atoms. The summed E-state index contributed by atoms with van der Waals surface area (Å²) in [5.41, 5.74) is -0.190. The van der Waals surface area contributed by atoms with Crippen LogP contribution in [0.5, 0.6) is 0 Å². The molecule has 198 valence electrons. The van der Waals surface area contributed by atoms with Crippen LogP contribution in [0.25, 0.3) is 0 Å². The first kappa shape index (κ1) is 26.3. The molecule has 37 heavy (non-hydrogen) atoms. The van der Waals surface area contributed by atoms with E-state index in [1.54, 1.807) is 11.0 Å². The van der Waals surface area contributed by atoms with Crippen molar-refractivity contribution in [3.05, 3.63) is 70.5 Å². The molecule has 0 atom stereocenters. The van der Waals surface area contributed by atoms with Crippen LogP contribution in [0.3, 0.4) is 0 Å². The molecule has 1 aliphatic carbocycles. The van der Waals surface area contributed by atoms with E-state index in [0.717, 1.165) is 54.7 Å². The lowest BCUT2D eigenvalue weighted by atomic mass is 9.80. The molecule has 0 amide bonds. The van der Waals surface area contributed by atoms with Gasteiger partial charge in [0, 0.05) is 23.6 Å². The van der Waals surface area contributed by atoms with Gasteiger partial charge in [-0.05, 0) is 90.9 Å². The first-order valence-corrected chi connectivity index (χ1v) is 14.5. The number of alkyl halides is 3. The summed E-state index contributed by atoms with van der Waals surface area (Å²) in [5, 5.41) is 11.5. The van der Waals surface area contributed by atoms with E-state index < -0.39 is 26.3 Å². The Labute approximate surface area is 222 Å². The second-order valence-corrected chi connectivity index (χ2v) is 13.0. The lowest BCUT2D eigenvalue weighted by molar-refractivity contribution is -0.137. The fraction of sp³-hybridized carbons (Fsp3) is 0.480. The van der Waals surface area contributed by atoms with Gasteiger partial charge in [-0.2, -0.15) is 13.2 Å². The van der Waals surface area contributed by atoms with E-state index >= 15 is 0 Å². The summed E-state index contributed by atoms with van der Waals surface area (Å²) in [4.78, 5) is 2.35. The zero-order valence-corrected chi connectivity index (χ0v) is 22.4. The topological polar surface area (TPSA) is 81.0 Å². The fourth-order valence-corrected chi connectivity index (χ4v) is 8.23. The van der Waals surface area contributed by atoms with Crippen LogP contribution < -0.4 is 0 Å². The van der Waals surface area contributed by atoms with Crippen molar-refractivity contribution in [3.63, 3.8) is 0 Å². The van der Waals surface area contributed by atoms with Gasteiger partial charge in [0.15, 0.2) is 9.84 Å². The van der Waals surface area contributed by atoms with Crippen molar-refractivity contribution in [3.8, 4) is 0 Å². The van der Waals surface area contributed by atoms with Crippen LogP contribution in [0.1, 0.15) is 55.7 Å². The summed E-state index contributed by atoms with van der Waals surface area (Å²) in [7, 11) is -3.97. The van der Waals surface area contributed by atoms with E-state index in [1.807, 2.05) is 24.3 Å². The molecule has 7 nitrogen and oxygen atoms in total. The summed E-state index contributed by atoms with van der Waals surface area (Å²) < 4.78 is 68.9. The predicted molar refractivity (Wildman–Crippen MR) is 134 cm³/mol. The number of hydrogen-bond acceptors (Lipinski definition) is 6. The molecule has 2 aliphatic rings. The first-order valence-electron chi connectivity index (χ1n) is 12.2. The molecule has 2 aromatic carbocycles. The molecule has 0 unspecified atom stereocenters. The Kier molecular flexibility index (Phi) is 7.18. The minimum Gasteiger partial charge on any atom is -0.300 e. The lowest BCUT2D eigenvalue weighted by Crippen LogP contribution is -2.48. The van der Waals surface area contributed by atoms with Gasteiger partial charge in [-0.3, -0.25) is 0 Å². The molecule has 2 heterocycles. The number of tetrazole rings is 1. The Hall–Kier alpha value is -2.31. The van der Waals surface area contributed by atoms with E-state index in [0.29, 0.717) is 31.2 Å². The Morgan fingerprint density at radius 1 is 0.892 bits per heavy atom. The SMILES string of the molecule is O=S(=O)(c1ccc(C(F)(F)F)cc1)C1(c2ccc(Br)cc2)CCC(N2CCC(n3cnnn3)CC2)CC1. The van der Waals surface area contributed by atoms with Crippen LogP contribution in [0.4, 0.5) is 13.2 Å². The maximum atomic E-state index is 14.1. The van der Waals surface area contributed by atoms with Gasteiger partial charge in [0.2, 0.25) is 0 Å². The first-order chi connectivity index (χ1) is 17.6. The van der Waals surface area contributed by atoms with Crippen molar-refractivity contribution in [2.24, 2.45) is 0 Å². The van der Waals surface area contributed by atoms with Gasteiger partial charge in [0.25, 0.3) is 0 Å². The number of nitrogens with zero attached hydrogens (tertiary/aromatic N) is 5. The van der Waals surface area contributed by atoms with Crippen molar-refractivity contribution < 1.29 is 21.6 Å². The minimum absolute atomic E-state index is 0.0795. The highest BCUT2D eigenvalue weighted by atomic mass is 79.9. The Bertz CT molecular complexity index is 1300. The quantitative estimate of drug-likeness (QED) is 0.391. The summed E-state index contributed by atoms with van der Waals surface area (Å²) in [6.07, 6.45) is 1.12. The van der Waals surface area contributed by atoms with Gasteiger partial charge >= 0.3 is 6.18 Å². The van der Waals surface area contributed by atoms with Gasteiger partial charge in [-0.15, -0.1) is 5.10 Å². The standard InChI is InChI=1S/C25H27BrF3N5O2S/c26-20-5-1-18(2-6-20)24(37(35,36)23-7-3-19(4-8-23)25(27,28)29)13-9-21(10-14-24)33-15-11-22(12-16-33)34-17-30-31-32-34/h1-8,17,21-22H,9-16H2. The molecule has 0 spiro atoms. The largest absolute Gasteiger partial charge is 0.416 e. The van der Waals surface area contributed by atoms with Gasteiger partial charge in [0.05, 0.1) is 16.5 Å². The van der Waals surface area contributed by atoms with E-state index in [9.17, 15) is 21.6 Å². The monoisotopic (exact) mass is 597 g/mol. The zero-order chi connectivity index (χ0) is 26.3. The number of benzene rings is 2. The third-order valence-corrected chi connectivity index (χ3v) is 11.0. The number of rotatable bonds is 5. The predicted octanol–water partition coefficient (Wildman–Crippen LogP) is 5.40. The third kappa shape index (κ3) is 5.07. The second-order valence-electron chi connectivity index (χ2n) is 9.81. The molecule has 1 aromatic heterocycles. The Morgan fingerprint density at radius 3 is 2.05 bits per heavy atom. The average Bonchev–Trinajstić information content (AvgIpc) is 3.44. The molecule has 12 heteroatoms. The Morgan fingerprint density at radius 2 is 1.51 bits per heavy atom. The van der Waals surface area contributed by atoms with E-state index in [1.165, 1.54) is 0 Å². The summed E-state index contributed by atoms with van der Waals surface area (Å²) >= 11 is 3.41. The maximum Gasteiger partial charge on any atom is 0.416 e. The normalized spacial score (nSPS) is 24.3. The number of aromatic nitrogens is 4. The van der Waals surface area contributed by atoms with Crippen LogP contribution in [0.15, 0.2) is 64.2 Å². The van der Waals surface area contributed by atoms with Crippen molar-refractivity contribution in [2.45, 2.75) is 66.4 Å². The molecule has 1 saturated heterocycles. The van der Waals surface area contributed by atoms with Crippen molar-refractivity contribution in [1.29, 1.82) is 0 Å². The lowest BCUT2D eigenvalue weighted by Gasteiger charge is -2.45. The smallest absolute Gasteiger partial charge is 0.300 e. The minimum atomic E-state index is -4.53. The number of hydrogen-bond donors (Lipinski definition) is 0. The molecule has 5 rings (SSSR count). The highest BCUT2D eigenvalue weighted by molar-refractivity contribution is 9.10. The fourth-order valence-electron chi connectivity index (χ4n) is 5.80. The third-order valence-electron chi connectivity index (χ3n) is 7.89. The molecular formula is C25H27BrF3N5O2S. The van der Waals surface area contributed by atoms with E-state index in [2.05, 4.69) is 36.4 Å². The summed E-state index contributed by atoms with van der Waals surface area (Å²) in [6, 6.07) is 11.6. The average molecular weight is 598 g/mol. The molecule has 0 radical (unpaired) electrons. The number of piperidine rings is 1. The summed E-state index contributed by atoms with van der Waals surface area (Å²) in [6.45, 7) is 1.76. The van der Waals surface area contributed by atoms with Gasteiger partial charge in [0.1, 0.15) is 11.1 Å². The molecule has 3 aromatic rings. The highest BCUT2D eigenvalue weighted by Crippen LogP contribution is 2.48. The van der Waals surface area contributed by atoms with E-state index in [4.69, 9.17) is 0 Å². The van der Waals surface area contributed by atoms with Crippen molar-refractivity contribution in [2.75, 3.05) is 13.1 Å². The highest BCUT2D eigenvalue weighted by Gasteiger charge is 2.49. The Balaban J connectivity index is 1.38. The molecule has 1 aliphatic heterocycles. The van der Waals surface area contributed by atoms with Crippen LogP contribution in [-0.2, 0) is 20.8 Å². The van der Waals surface area contributed by atoms with Gasteiger partial charge in [-0.1, -0.05) is 28.1 Å². The molecular weight excluding hydrogens is 571 g/mol. The van der Waals surface area contributed by atoms with E-state index in [-0.39, 0.29) is 17.0 Å². The zero-order valence-electron chi connectivity index (χ0n) is 20.0. The second kappa shape index (κ2) is 10.1. The van der Waals surface area contributed by atoms with Crippen LogP contribution in [-0.4, -0.2) is 52.7 Å². The molecule has 0 N–H and O–H groups in total. The van der Waals surface area contributed by atoms with Crippen LogP contribution in [0, 0.1) is 0 Å². The number of likely N-dealkylation sites (tertiary alicyclic amines) is 1. The van der Waals surface area contributed by atoms with Crippen LogP contribution >= 0.6 is 15.9 Å². The molecule has 1 saturated carbocycles. The summed E-state index contributed by atoms with van der Waals surface area (Å²) in [5.74, 6) is 0. The maximum absolute atomic E-state index is 14.1. The molecule has 2 fully saturated rings. The van der Waals surface area contributed by atoms with Crippen LogP contribution in [0.2, 0.25) is 0 Å². The van der Waals surface area contributed by atoms with Crippen molar-refractivity contribution in [1.82, 2.24) is 25.1 Å². The number of halogens is 4. The van der Waals surface area contributed by atoms with Crippen molar-refractivity contribution >= 4 is 25.8 Å². The number of sulfone groups is 1. The van der Waals surface area contributed by atoms with Gasteiger partial charge in [-0.25, -0.2) is 13.1 Å². The van der Waals surface area contributed by atoms with Gasteiger partial charge < -0.3 is 4.90 Å².